The summed E-state index contributed by atoms with van der Waals surface area (Å²) >= 11 is 0. The van der Waals surface area contributed by atoms with Gasteiger partial charge in [0.05, 0.1) is 0 Å². The lowest BCUT2D eigenvalue weighted by atomic mass is 9.77. The SMILES string of the molecule is Cc1cnc(N2CCN(C(=O)c3ccc([C@@]4(C(C)C)NC(=O)NC4=O)c(C)c3)CC2)c(C)c1.Cc1cnc(N2CCN(C(=O)c3ccc([C@]4(C(C)C)NC(=O)NC4=O)c(C)c3)CC2)c(C)c1. The van der Waals surface area contributed by atoms with E-state index in [1.165, 1.54) is 0 Å². The summed E-state index contributed by atoms with van der Waals surface area (Å²) in [5.74, 6) is 0.856. The third-order valence-electron chi connectivity index (χ3n) is 13.4. The van der Waals surface area contributed by atoms with Crippen molar-refractivity contribution in [1.82, 2.24) is 41.0 Å². The standard InChI is InChI=1S/2C25H31N5O3/c2*1-15(2)25(23(32)27-24(33)28-25)20-7-6-19(13-17(20)4)22(31)30-10-8-29(9-11-30)21-18(5)12-16(3)14-26-21/h2*6-7,12-15H,8-11H2,1-5H3,(H2,27,28,32,33)/t2*25-/m10/s1. The van der Waals surface area contributed by atoms with Gasteiger partial charge in [-0.25, -0.2) is 19.6 Å². The average Bonchev–Trinajstić information content (AvgIpc) is 3.76. The molecule has 8 amide bonds. The molecule has 4 aliphatic heterocycles. The van der Waals surface area contributed by atoms with Crippen LogP contribution in [0, 0.1) is 53.4 Å². The molecule has 0 aliphatic carbocycles. The van der Waals surface area contributed by atoms with Crippen molar-refractivity contribution in [3.05, 3.63) is 117 Å². The molecule has 8 rings (SSSR count). The van der Waals surface area contributed by atoms with E-state index in [9.17, 15) is 28.8 Å². The van der Waals surface area contributed by atoms with Crippen LogP contribution in [0.4, 0.5) is 21.2 Å². The number of hydrogen-bond acceptors (Lipinski definition) is 10. The summed E-state index contributed by atoms with van der Waals surface area (Å²) in [6.45, 7) is 24.9. The number of hydrogen-bond donors (Lipinski definition) is 4. The van der Waals surface area contributed by atoms with Crippen molar-refractivity contribution in [1.29, 1.82) is 0 Å². The van der Waals surface area contributed by atoms with Gasteiger partial charge in [0.15, 0.2) is 0 Å². The van der Waals surface area contributed by atoms with Crippen molar-refractivity contribution >= 4 is 47.3 Å². The Balaban J connectivity index is 0.000000196. The first-order chi connectivity index (χ1) is 31.3. The number of anilines is 2. The van der Waals surface area contributed by atoms with Crippen LogP contribution in [0.15, 0.2) is 60.9 Å². The second kappa shape index (κ2) is 18.6. The monoisotopic (exact) mass is 898 g/mol. The van der Waals surface area contributed by atoms with Gasteiger partial charge in [0.25, 0.3) is 23.6 Å². The Morgan fingerprint density at radius 3 is 1.14 bits per heavy atom. The van der Waals surface area contributed by atoms with Crippen LogP contribution in [0.5, 0.6) is 0 Å². The first kappa shape index (κ1) is 47.1. The number of benzene rings is 2. The normalized spacial score (nSPS) is 20.8. The lowest BCUT2D eigenvalue weighted by Gasteiger charge is -2.36. The molecule has 2 aromatic heterocycles. The highest BCUT2D eigenvalue weighted by Crippen LogP contribution is 2.37. The average molecular weight is 899 g/mol. The van der Waals surface area contributed by atoms with E-state index in [1.807, 2.05) is 89.7 Å². The van der Waals surface area contributed by atoms with Gasteiger partial charge in [-0.3, -0.25) is 29.8 Å². The van der Waals surface area contributed by atoms with E-state index in [1.54, 1.807) is 24.3 Å². The molecule has 4 aromatic rings. The molecule has 66 heavy (non-hydrogen) atoms. The molecule has 0 bridgehead atoms. The van der Waals surface area contributed by atoms with Crippen molar-refractivity contribution in [2.24, 2.45) is 11.8 Å². The molecule has 4 fully saturated rings. The Bertz CT molecular complexity index is 2420. The number of nitrogens with one attached hydrogen (secondary N) is 4. The Labute approximate surface area is 386 Å². The quantitative estimate of drug-likeness (QED) is 0.169. The number of aromatic nitrogens is 2. The summed E-state index contributed by atoms with van der Waals surface area (Å²) in [5.41, 5.74) is 6.47. The minimum Gasteiger partial charge on any atom is -0.353 e. The van der Waals surface area contributed by atoms with E-state index >= 15 is 0 Å². The number of carbonyl (C=O) groups is 6. The van der Waals surface area contributed by atoms with E-state index in [-0.39, 0.29) is 35.5 Å². The first-order valence-electron chi connectivity index (χ1n) is 22.7. The largest absolute Gasteiger partial charge is 0.353 e. The van der Waals surface area contributed by atoms with Crippen molar-refractivity contribution in [3.8, 4) is 0 Å². The third kappa shape index (κ3) is 8.80. The van der Waals surface area contributed by atoms with E-state index in [4.69, 9.17) is 0 Å². The highest BCUT2D eigenvalue weighted by molar-refractivity contribution is 6.09. The number of urea groups is 2. The Kier molecular flexibility index (Phi) is 13.3. The number of imide groups is 2. The molecular formula is C50H62N10O6. The Morgan fingerprint density at radius 2 is 0.864 bits per heavy atom. The van der Waals surface area contributed by atoms with Crippen LogP contribution >= 0.6 is 0 Å². The molecular weight excluding hydrogens is 837 g/mol. The van der Waals surface area contributed by atoms with E-state index in [0.717, 1.165) is 71.2 Å². The van der Waals surface area contributed by atoms with Gasteiger partial charge in [-0.15, -0.1) is 0 Å². The number of piperazine rings is 2. The predicted molar refractivity (Wildman–Crippen MR) is 252 cm³/mol. The minimum absolute atomic E-state index is 0.0311. The summed E-state index contributed by atoms with van der Waals surface area (Å²) in [7, 11) is 0. The van der Waals surface area contributed by atoms with Gasteiger partial charge in [0, 0.05) is 75.9 Å². The van der Waals surface area contributed by atoms with Crippen LogP contribution in [0.25, 0.3) is 0 Å². The molecule has 0 unspecified atom stereocenters. The molecule has 0 saturated carbocycles. The maximum absolute atomic E-state index is 13.2. The smallest absolute Gasteiger partial charge is 0.322 e. The van der Waals surface area contributed by atoms with E-state index in [0.29, 0.717) is 48.4 Å². The fraction of sp³-hybridized carbons (Fsp3) is 0.440. The van der Waals surface area contributed by atoms with Gasteiger partial charge in [-0.1, -0.05) is 52.0 Å². The molecule has 4 saturated heterocycles. The van der Waals surface area contributed by atoms with Crippen molar-refractivity contribution < 1.29 is 28.8 Å². The molecule has 4 aliphatic rings. The van der Waals surface area contributed by atoms with Crippen LogP contribution in [0.1, 0.15) is 92.9 Å². The molecule has 4 N–H and O–H groups in total. The van der Waals surface area contributed by atoms with E-state index < -0.39 is 23.1 Å². The summed E-state index contributed by atoms with van der Waals surface area (Å²) in [4.78, 5) is 92.9. The molecule has 2 aromatic carbocycles. The van der Waals surface area contributed by atoms with Crippen LogP contribution in [0.2, 0.25) is 0 Å². The van der Waals surface area contributed by atoms with Crippen LogP contribution in [-0.2, 0) is 20.7 Å². The number of pyridine rings is 2. The van der Waals surface area contributed by atoms with Gasteiger partial charge in [0.1, 0.15) is 22.7 Å². The fourth-order valence-electron chi connectivity index (χ4n) is 9.92. The minimum atomic E-state index is -1.13. The summed E-state index contributed by atoms with van der Waals surface area (Å²) in [6, 6.07) is 14.0. The maximum atomic E-state index is 13.2. The zero-order valence-electron chi connectivity index (χ0n) is 39.7. The molecule has 16 heteroatoms. The maximum Gasteiger partial charge on any atom is 0.322 e. The summed E-state index contributed by atoms with van der Waals surface area (Å²) in [6.07, 6.45) is 3.75. The molecule has 2 atom stereocenters. The Morgan fingerprint density at radius 1 is 0.515 bits per heavy atom. The number of carbonyl (C=O) groups excluding carboxylic acids is 6. The summed E-state index contributed by atoms with van der Waals surface area (Å²) < 4.78 is 0. The van der Waals surface area contributed by atoms with Gasteiger partial charge in [-0.2, -0.15) is 0 Å². The van der Waals surface area contributed by atoms with Gasteiger partial charge in [-0.05, 0) is 122 Å². The van der Waals surface area contributed by atoms with Gasteiger partial charge in [0.2, 0.25) is 0 Å². The van der Waals surface area contributed by atoms with Crippen LogP contribution in [-0.4, -0.2) is 108 Å². The number of rotatable bonds is 8. The highest BCUT2D eigenvalue weighted by atomic mass is 16.2. The zero-order valence-corrected chi connectivity index (χ0v) is 39.7. The lowest BCUT2D eigenvalue weighted by Crippen LogP contribution is -2.49. The van der Waals surface area contributed by atoms with Gasteiger partial charge < -0.3 is 30.2 Å². The van der Waals surface area contributed by atoms with E-state index in [2.05, 4.69) is 67.0 Å². The topological polar surface area (TPSA) is 189 Å². The fourth-order valence-corrected chi connectivity index (χ4v) is 9.92. The lowest BCUT2D eigenvalue weighted by molar-refractivity contribution is -0.126. The molecule has 6 heterocycles. The third-order valence-corrected chi connectivity index (χ3v) is 13.4. The molecule has 16 nitrogen and oxygen atoms in total. The number of aryl methyl sites for hydroxylation is 6. The molecule has 348 valence electrons. The van der Waals surface area contributed by atoms with Crippen LogP contribution < -0.4 is 31.1 Å². The van der Waals surface area contributed by atoms with Gasteiger partial charge >= 0.3 is 12.1 Å². The van der Waals surface area contributed by atoms with Crippen LogP contribution in [0.3, 0.4) is 0 Å². The second-order valence-electron chi connectivity index (χ2n) is 18.7. The second-order valence-corrected chi connectivity index (χ2v) is 18.7. The Hall–Kier alpha value is -6.84. The van der Waals surface area contributed by atoms with Crippen molar-refractivity contribution in [2.45, 2.75) is 80.3 Å². The molecule has 0 radical (unpaired) electrons. The number of nitrogens with zero attached hydrogens (tertiary/aromatic N) is 6. The predicted octanol–water partition coefficient (Wildman–Crippen LogP) is 5.32. The number of amides is 8. The van der Waals surface area contributed by atoms with Crippen molar-refractivity contribution in [3.63, 3.8) is 0 Å². The van der Waals surface area contributed by atoms with Crippen molar-refractivity contribution in [2.75, 3.05) is 62.2 Å². The first-order valence-corrected chi connectivity index (χ1v) is 22.7. The molecule has 0 spiro atoms. The summed E-state index contributed by atoms with van der Waals surface area (Å²) in [5, 5.41) is 10.3. The zero-order chi connectivity index (χ0) is 47.8. The highest BCUT2D eigenvalue weighted by Gasteiger charge is 2.52.